The first-order valence-electron chi connectivity index (χ1n) is 2.90. The van der Waals surface area contributed by atoms with Crippen molar-refractivity contribution in [1.82, 2.24) is 0 Å². The van der Waals surface area contributed by atoms with Crippen molar-refractivity contribution in [3.05, 3.63) is 30.3 Å². The molecule has 0 aliphatic carbocycles. The molecule has 0 saturated heterocycles. The Balaban J connectivity index is 2.85. The summed E-state index contributed by atoms with van der Waals surface area (Å²) in [5.74, 6) is 0. The van der Waals surface area contributed by atoms with Crippen LogP contribution in [0, 0.1) is 0 Å². The van der Waals surface area contributed by atoms with Crippen LogP contribution in [0.15, 0.2) is 30.3 Å². The minimum Gasteiger partial charge on any atom is -0.281 e. The number of rotatable bonds is 2. The maximum Gasteiger partial charge on any atom is 0.119 e. The molecule has 1 unspecified atom stereocenters. The van der Waals surface area contributed by atoms with Crippen LogP contribution in [0.2, 0.25) is 0 Å². The fraction of sp³-hybridized carbons (Fsp3) is 0.143. The van der Waals surface area contributed by atoms with Crippen molar-refractivity contribution in [3.8, 4) is 0 Å². The third-order valence-electron chi connectivity index (χ3n) is 1.15. The summed E-state index contributed by atoms with van der Waals surface area (Å²) >= 11 is 5.40. The molecule has 0 bridgehead atoms. The van der Waals surface area contributed by atoms with E-state index in [2.05, 4.69) is 0 Å². The first-order chi connectivity index (χ1) is 4.84. The topological polar surface area (TPSA) is 17.1 Å². The minimum atomic E-state index is -1.36. The zero-order chi connectivity index (χ0) is 7.40. The van der Waals surface area contributed by atoms with Gasteiger partial charge in [-0.05, 0) is 12.1 Å². The number of alkyl halides is 1. The predicted molar refractivity (Wildman–Crippen MR) is 44.4 cm³/mol. The molecule has 1 radical (unpaired) electrons. The molecule has 0 aliphatic rings. The largest absolute Gasteiger partial charge is 0.281 e. The van der Waals surface area contributed by atoms with E-state index in [4.69, 9.17) is 11.6 Å². The Labute approximate surface area is 65.8 Å². The van der Waals surface area contributed by atoms with Gasteiger partial charge < -0.3 is 0 Å². The van der Waals surface area contributed by atoms with Crippen molar-refractivity contribution in [1.29, 1.82) is 0 Å². The molecule has 0 saturated carbocycles. The lowest BCUT2D eigenvalue weighted by Gasteiger charge is -1.93. The lowest BCUT2D eigenvalue weighted by Crippen LogP contribution is -1.93. The van der Waals surface area contributed by atoms with Gasteiger partial charge in [0.1, 0.15) is 7.80 Å². The molecule has 53 valence electrons. The second-order valence-electron chi connectivity index (χ2n) is 1.83. The number of hydrogen-bond donors (Lipinski definition) is 0. The van der Waals surface area contributed by atoms with Gasteiger partial charge in [-0.15, -0.1) is 11.6 Å². The summed E-state index contributed by atoms with van der Waals surface area (Å²) in [6.07, 6.45) is 0. The Kier molecular flexibility index (Phi) is 2.85. The molecule has 0 spiro atoms. The Morgan fingerprint density at radius 1 is 1.30 bits per heavy atom. The van der Waals surface area contributed by atoms with Crippen LogP contribution >= 0.6 is 19.4 Å². The highest BCUT2D eigenvalue weighted by molar-refractivity contribution is 7.55. The van der Waals surface area contributed by atoms with Crippen LogP contribution in [0.1, 0.15) is 0 Å². The smallest absolute Gasteiger partial charge is 0.119 e. The standard InChI is InChI=1S/C7H7ClOP/c8-6-10(9)7-4-2-1-3-5-7/h1-5H,6H2. The summed E-state index contributed by atoms with van der Waals surface area (Å²) in [6, 6.07) is 9.24. The zero-order valence-corrected chi connectivity index (χ0v) is 6.98. The first-order valence-corrected chi connectivity index (χ1v) is 4.88. The molecule has 1 rings (SSSR count). The van der Waals surface area contributed by atoms with E-state index in [0.29, 0.717) is 0 Å². The van der Waals surface area contributed by atoms with Crippen LogP contribution in [0.25, 0.3) is 0 Å². The first kappa shape index (κ1) is 7.71. The van der Waals surface area contributed by atoms with Gasteiger partial charge in [0, 0.05) is 5.30 Å². The van der Waals surface area contributed by atoms with Crippen LogP contribution < -0.4 is 5.30 Å². The van der Waals surface area contributed by atoms with Crippen molar-refractivity contribution >= 4 is 24.7 Å². The molecule has 1 atom stereocenters. The molecule has 0 heterocycles. The monoisotopic (exact) mass is 173 g/mol. The predicted octanol–water partition coefficient (Wildman–Crippen LogP) is 2.34. The van der Waals surface area contributed by atoms with E-state index in [-0.39, 0.29) is 5.62 Å². The molecular formula is C7H7ClOP. The molecule has 0 aromatic heterocycles. The van der Waals surface area contributed by atoms with Crippen LogP contribution in [-0.2, 0) is 4.57 Å². The normalized spacial score (nSPS) is 11.1. The minimum absolute atomic E-state index is 0.208. The average molecular weight is 174 g/mol. The van der Waals surface area contributed by atoms with Gasteiger partial charge in [-0.2, -0.15) is 0 Å². The molecule has 0 fully saturated rings. The highest BCUT2D eigenvalue weighted by Crippen LogP contribution is 2.19. The Bertz CT molecular complexity index is 222. The summed E-state index contributed by atoms with van der Waals surface area (Å²) in [6.45, 7) is 0. The fourth-order valence-corrected chi connectivity index (χ4v) is 1.72. The van der Waals surface area contributed by atoms with Gasteiger partial charge in [0.15, 0.2) is 0 Å². The summed E-state index contributed by atoms with van der Waals surface area (Å²) < 4.78 is 11.0. The molecular weight excluding hydrogens is 167 g/mol. The second-order valence-corrected chi connectivity index (χ2v) is 4.06. The van der Waals surface area contributed by atoms with E-state index < -0.39 is 7.80 Å². The molecule has 3 heteroatoms. The SMILES string of the molecule is O=[P](CCl)c1ccccc1. The lowest BCUT2D eigenvalue weighted by atomic mass is 10.4. The van der Waals surface area contributed by atoms with Crippen LogP contribution in [0.5, 0.6) is 0 Å². The van der Waals surface area contributed by atoms with E-state index in [1.54, 1.807) is 0 Å². The van der Waals surface area contributed by atoms with Gasteiger partial charge in [0.25, 0.3) is 0 Å². The number of halogens is 1. The number of benzene rings is 1. The Morgan fingerprint density at radius 2 is 1.90 bits per heavy atom. The fourth-order valence-electron chi connectivity index (χ4n) is 0.663. The Morgan fingerprint density at radius 3 is 2.40 bits per heavy atom. The summed E-state index contributed by atoms with van der Waals surface area (Å²) in [7, 11) is -1.36. The molecule has 0 N–H and O–H groups in total. The van der Waals surface area contributed by atoms with E-state index in [0.717, 1.165) is 5.30 Å². The van der Waals surface area contributed by atoms with Crippen LogP contribution in [-0.4, -0.2) is 5.62 Å². The highest BCUT2D eigenvalue weighted by Gasteiger charge is 1.98. The third-order valence-corrected chi connectivity index (χ3v) is 2.90. The van der Waals surface area contributed by atoms with Crippen LogP contribution in [0.4, 0.5) is 0 Å². The van der Waals surface area contributed by atoms with E-state index in [1.165, 1.54) is 0 Å². The average Bonchev–Trinajstić information content (AvgIpc) is 2.05. The molecule has 0 aliphatic heterocycles. The summed E-state index contributed by atoms with van der Waals surface area (Å²) in [5.41, 5.74) is 0.208. The molecule has 1 aromatic carbocycles. The van der Waals surface area contributed by atoms with Crippen molar-refractivity contribution in [2.45, 2.75) is 0 Å². The molecule has 10 heavy (non-hydrogen) atoms. The lowest BCUT2D eigenvalue weighted by molar-refractivity contribution is 0.595. The maximum atomic E-state index is 11.0. The quantitative estimate of drug-likeness (QED) is 0.496. The van der Waals surface area contributed by atoms with Crippen molar-refractivity contribution in [3.63, 3.8) is 0 Å². The van der Waals surface area contributed by atoms with Crippen LogP contribution in [0.3, 0.4) is 0 Å². The zero-order valence-electron chi connectivity index (χ0n) is 5.33. The van der Waals surface area contributed by atoms with Gasteiger partial charge in [-0.3, -0.25) is 4.57 Å². The number of hydrogen-bond acceptors (Lipinski definition) is 1. The summed E-state index contributed by atoms with van der Waals surface area (Å²) in [5, 5.41) is 0.826. The third kappa shape index (κ3) is 1.80. The van der Waals surface area contributed by atoms with Crippen molar-refractivity contribution < 1.29 is 4.57 Å². The van der Waals surface area contributed by atoms with Gasteiger partial charge in [-0.1, -0.05) is 18.2 Å². The van der Waals surface area contributed by atoms with Gasteiger partial charge in [0.05, 0.1) is 5.62 Å². The molecule has 1 aromatic rings. The molecule has 1 nitrogen and oxygen atoms in total. The van der Waals surface area contributed by atoms with Gasteiger partial charge in [0.2, 0.25) is 0 Å². The summed E-state index contributed by atoms with van der Waals surface area (Å²) in [4.78, 5) is 0. The van der Waals surface area contributed by atoms with E-state index in [9.17, 15) is 4.57 Å². The van der Waals surface area contributed by atoms with Gasteiger partial charge >= 0.3 is 0 Å². The van der Waals surface area contributed by atoms with Crippen molar-refractivity contribution in [2.75, 3.05) is 5.62 Å². The van der Waals surface area contributed by atoms with Gasteiger partial charge in [-0.25, -0.2) is 0 Å². The van der Waals surface area contributed by atoms with E-state index in [1.807, 2.05) is 30.3 Å². The maximum absolute atomic E-state index is 11.0. The highest BCUT2D eigenvalue weighted by atomic mass is 35.5. The van der Waals surface area contributed by atoms with E-state index >= 15 is 0 Å². The van der Waals surface area contributed by atoms with Crippen molar-refractivity contribution in [2.24, 2.45) is 0 Å². The molecule has 0 amide bonds. The second kappa shape index (κ2) is 3.70. The Hall–Kier alpha value is -0.390.